The van der Waals surface area contributed by atoms with Gasteiger partial charge in [0.25, 0.3) is 0 Å². The normalized spacial score (nSPS) is 18.9. The fraction of sp³-hybridized carbons (Fsp3) is 0.833. The van der Waals surface area contributed by atoms with Gasteiger partial charge in [-0.05, 0) is 60.5 Å². The van der Waals surface area contributed by atoms with Crippen molar-refractivity contribution in [1.82, 2.24) is 0 Å². The highest BCUT2D eigenvalue weighted by atomic mass is 32.2. The molecule has 0 aromatic carbocycles. The van der Waals surface area contributed by atoms with Crippen LogP contribution in [0.3, 0.4) is 0 Å². The number of esters is 1. The predicted octanol–water partition coefficient (Wildman–Crippen LogP) is 5.52. The van der Waals surface area contributed by atoms with E-state index < -0.39 is 8.32 Å². The Balaban J connectivity index is 2.23. The molecule has 0 spiro atoms. The lowest BCUT2D eigenvalue weighted by atomic mass is 10.2. The van der Waals surface area contributed by atoms with Crippen molar-refractivity contribution in [3.63, 3.8) is 0 Å². The van der Waals surface area contributed by atoms with Gasteiger partial charge in [0.05, 0.1) is 13.2 Å². The minimum absolute atomic E-state index is 0.0956. The summed E-state index contributed by atoms with van der Waals surface area (Å²) < 4.78 is 11.1. The number of ether oxygens (including phenoxy) is 1. The summed E-state index contributed by atoms with van der Waals surface area (Å²) in [5.74, 6) is 1.04. The van der Waals surface area contributed by atoms with Crippen LogP contribution in [0.2, 0.25) is 18.1 Å². The van der Waals surface area contributed by atoms with Gasteiger partial charge in [-0.15, -0.1) is 11.8 Å². The first kappa shape index (κ1) is 20.8. The first-order valence-electron chi connectivity index (χ1n) is 8.74. The minimum atomic E-state index is -1.66. The fourth-order valence-electron chi connectivity index (χ4n) is 2.28. The first-order valence-corrected chi connectivity index (χ1v) is 12.6. The molecule has 5 heteroatoms. The van der Waals surface area contributed by atoms with Gasteiger partial charge in [0, 0.05) is 6.42 Å². The highest BCUT2D eigenvalue weighted by Crippen LogP contribution is 2.40. The maximum absolute atomic E-state index is 11.0. The van der Waals surface area contributed by atoms with E-state index in [-0.39, 0.29) is 11.0 Å². The van der Waals surface area contributed by atoms with E-state index in [0.717, 1.165) is 37.9 Å². The van der Waals surface area contributed by atoms with Crippen molar-refractivity contribution < 1.29 is 14.0 Å². The summed E-state index contributed by atoms with van der Waals surface area (Å²) in [6.07, 6.45) is 8.70. The Morgan fingerprint density at radius 3 is 2.61 bits per heavy atom. The minimum Gasteiger partial charge on any atom is -0.469 e. The smallest absolute Gasteiger partial charge is 0.305 e. The van der Waals surface area contributed by atoms with Gasteiger partial charge < -0.3 is 9.16 Å². The van der Waals surface area contributed by atoms with E-state index in [1.165, 1.54) is 12.0 Å². The van der Waals surface area contributed by atoms with Crippen molar-refractivity contribution in [3.8, 4) is 0 Å². The van der Waals surface area contributed by atoms with Gasteiger partial charge in [-0.2, -0.15) is 0 Å². The van der Waals surface area contributed by atoms with Crippen molar-refractivity contribution in [3.05, 3.63) is 11.0 Å². The zero-order valence-corrected chi connectivity index (χ0v) is 17.6. The van der Waals surface area contributed by atoms with E-state index in [2.05, 4.69) is 44.7 Å². The summed E-state index contributed by atoms with van der Waals surface area (Å²) in [7, 11) is -0.209. The van der Waals surface area contributed by atoms with E-state index in [1.807, 2.05) is 11.8 Å². The van der Waals surface area contributed by atoms with Crippen LogP contribution in [0, 0.1) is 0 Å². The van der Waals surface area contributed by atoms with Crippen molar-refractivity contribution in [1.29, 1.82) is 0 Å². The molecule has 0 bridgehead atoms. The molecule has 0 saturated carbocycles. The third-order valence-electron chi connectivity index (χ3n) is 4.84. The number of carbonyl (C=O) groups is 1. The summed E-state index contributed by atoms with van der Waals surface area (Å²) >= 11 is 1.97. The molecule has 0 radical (unpaired) electrons. The standard InChI is InChI=1S/C18H34O3SSi/c1-18(2,3)23(5,6)21-15-11-12-16(14-15)22-13-9-7-8-10-17(19)20-4/h14-15H,7-13H2,1-6H3. The van der Waals surface area contributed by atoms with Crippen LogP contribution in [0.1, 0.15) is 59.3 Å². The van der Waals surface area contributed by atoms with Gasteiger partial charge in [-0.1, -0.05) is 27.2 Å². The van der Waals surface area contributed by atoms with Crippen LogP contribution < -0.4 is 0 Å². The van der Waals surface area contributed by atoms with Crippen LogP contribution in [0.5, 0.6) is 0 Å². The second kappa shape index (κ2) is 9.28. The van der Waals surface area contributed by atoms with Crippen LogP contribution in [0.25, 0.3) is 0 Å². The number of rotatable bonds is 9. The Morgan fingerprint density at radius 2 is 2.00 bits per heavy atom. The van der Waals surface area contributed by atoms with E-state index in [0.29, 0.717) is 12.5 Å². The molecule has 0 aromatic rings. The molecule has 0 fully saturated rings. The number of thioether (sulfide) groups is 1. The average molecular weight is 359 g/mol. The van der Waals surface area contributed by atoms with E-state index in [4.69, 9.17) is 4.43 Å². The Hall–Kier alpha value is -0.263. The molecule has 0 N–H and O–H groups in total. The number of methoxy groups -OCH3 is 1. The first-order chi connectivity index (χ1) is 10.7. The van der Waals surface area contributed by atoms with Gasteiger partial charge in [-0.25, -0.2) is 0 Å². The van der Waals surface area contributed by atoms with E-state index in [1.54, 1.807) is 0 Å². The summed E-state index contributed by atoms with van der Waals surface area (Å²) in [6, 6.07) is 0. The molecule has 0 amide bonds. The highest BCUT2D eigenvalue weighted by Gasteiger charge is 2.39. The summed E-state index contributed by atoms with van der Waals surface area (Å²) in [4.78, 5) is 12.5. The monoisotopic (exact) mass is 358 g/mol. The topological polar surface area (TPSA) is 35.5 Å². The molecular formula is C18H34O3SSi. The Labute approximate surface area is 147 Å². The Kier molecular flexibility index (Phi) is 8.38. The average Bonchev–Trinajstić information content (AvgIpc) is 2.87. The van der Waals surface area contributed by atoms with E-state index >= 15 is 0 Å². The molecular weight excluding hydrogens is 324 g/mol. The number of unbranched alkanes of at least 4 members (excludes halogenated alkanes) is 2. The van der Waals surface area contributed by atoms with Crippen molar-refractivity contribution >= 4 is 26.0 Å². The second-order valence-electron chi connectivity index (χ2n) is 7.82. The van der Waals surface area contributed by atoms with Crippen molar-refractivity contribution in [2.75, 3.05) is 12.9 Å². The third kappa shape index (κ3) is 7.44. The lowest BCUT2D eigenvalue weighted by Crippen LogP contribution is -2.43. The fourth-order valence-corrected chi connectivity index (χ4v) is 4.70. The molecule has 1 unspecified atom stereocenters. The molecule has 1 atom stereocenters. The quantitative estimate of drug-likeness (QED) is 0.309. The van der Waals surface area contributed by atoms with E-state index in [9.17, 15) is 4.79 Å². The zero-order chi connectivity index (χ0) is 17.5. The molecule has 23 heavy (non-hydrogen) atoms. The van der Waals surface area contributed by atoms with Crippen LogP contribution >= 0.6 is 11.8 Å². The molecule has 1 aliphatic rings. The molecule has 0 aromatic heterocycles. The number of hydrogen-bond donors (Lipinski definition) is 0. The van der Waals surface area contributed by atoms with Crippen LogP contribution in [-0.4, -0.2) is 33.3 Å². The summed E-state index contributed by atoms with van der Waals surface area (Å²) in [6.45, 7) is 11.5. The maximum atomic E-state index is 11.0. The molecule has 1 rings (SSSR count). The molecule has 0 aliphatic heterocycles. The van der Waals surface area contributed by atoms with Gasteiger partial charge in [0.1, 0.15) is 0 Å². The SMILES string of the molecule is COC(=O)CCCCCSC1=CC(O[Si](C)(C)C(C)(C)C)CC1. The van der Waals surface area contributed by atoms with Crippen LogP contribution in [0.15, 0.2) is 11.0 Å². The van der Waals surface area contributed by atoms with Crippen LogP contribution in [0.4, 0.5) is 0 Å². The van der Waals surface area contributed by atoms with Gasteiger partial charge >= 0.3 is 5.97 Å². The third-order valence-corrected chi connectivity index (χ3v) is 10.5. The second-order valence-corrected chi connectivity index (χ2v) is 13.8. The molecule has 0 saturated heterocycles. The van der Waals surface area contributed by atoms with Gasteiger partial charge in [0.15, 0.2) is 8.32 Å². The summed E-state index contributed by atoms with van der Waals surface area (Å²) in [5, 5.41) is 0.274. The Morgan fingerprint density at radius 1 is 1.30 bits per heavy atom. The van der Waals surface area contributed by atoms with Crippen LogP contribution in [-0.2, 0) is 14.0 Å². The van der Waals surface area contributed by atoms with Gasteiger partial charge in [0.2, 0.25) is 0 Å². The van der Waals surface area contributed by atoms with Crippen molar-refractivity contribution in [2.24, 2.45) is 0 Å². The number of hydrogen-bond acceptors (Lipinski definition) is 4. The molecule has 0 heterocycles. The highest BCUT2D eigenvalue weighted by molar-refractivity contribution is 8.03. The predicted molar refractivity (Wildman–Crippen MR) is 102 cm³/mol. The molecule has 134 valence electrons. The number of carbonyl (C=O) groups excluding carboxylic acids is 1. The summed E-state index contributed by atoms with van der Waals surface area (Å²) in [5.41, 5.74) is 0. The number of allylic oxidation sites excluding steroid dienone is 1. The maximum Gasteiger partial charge on any atom is 0.305 e. The molecule has 1 aliphatic carbocycles. The molecule has 3 nitrogen and oxygen atoms in total. The zero-order valence-electron chi connectivity index (χ0n) is 15.7. The largest absolute Gasteiger partial charge is 0.469 e. The Bertz CT molecular complexity index is 413. The lowest BCUT2D eigenvalue weighted by molar-refractivity contribution is -0.140. The lowest BCUT2D eigenvalue weighted by Gasteiger charge is -2.38. The van der Waals surface area contributed by atoms with Gasteiger partial charge in [-0.3, -0.25) is 4.79 Å². The van der Waals surface area contributed by atoms with Crippen molar-refractivity contribution in [2.45, 2.75) is 83.5 Å².